The van der Waals surface area contributed by atoms with Gasteiger partial charge in [0.25, 0.3) is 0 Å². The Labute approximate surface area is 69.2 Å². The summed E-state index contributed by atoms with van der Waals surface area (Å²) in [6.45, 7) is 6.39. The highest BCUT2D eigenvalue weighted by Gasteiger charge is 2.16. The first-order valence-electron chi connectivity index (χ1n) is 4.08. The van der Waals surface area contributed by atoms with E-state index in [-0.39, 0.29) is 5.31 Å². The lowest BCUT2D eigenvalue weighted by molar-refractivity contribution is 1.03. The van der Waals surface area contributed by atoms with Crippen molar-refractivity contribution in [2.45, 2.75) is 26.0 Å². The van der Waals surface area contributed by atoms with Gasteiger partial charge < -0.3 is 0 Å². The minimum Gasteiger partial charge on any atom is -0.266 e. The van der Waals surface area contributed by atoms with Gasteiger partial charge in [0.05, 0.1) is 0 Å². The molecule has 0 aromatic carbocycles. The molecule has 0 amide bonds. The van der Waals surface area contributed by atoms with Gasteiger partial charge in [-0.2, -0.15) is 0 Å². The first-order chi connectivity index (χ1) is 5.16. The van der Waals surface area contributed by atoms with Crippen LogP contribution in [0.25, 0.3) is 0 Å². The van der Waals surface area contributed by atoms with Gasteiger partial charge in [0.2, 0.25) is 0 Å². The van der Waals surface area contributed by atoms with E-state index >= 15 is 0 Å². The molecule has 0 bridgehead atoms. The predicted octanol–water partition coefficient (Wildman–Crippen LogP) is 2.19. The zero-order valence-electron chi connectivity index (χ0n) is 7.46. The van der Waals surface area contributed by atoms with Gasteiger partial charge in [-0.05, 0) is 18.3 Å². The number of hydrogen-bond acceptors (Lipinski definition) is 1. The summed E-state index contributed by atoms with van der Waals surface area (Å²) >= 11 is 0. The van der Waals surface area contributed by atoms with Gasteiger partial charge in [0, 0.05) is 11.9 Å². The van der Waals surface area contributed by atoms with Crippen LogP contribution in [-0.2, 0) is 0 Å². The highest BCUT2D eigenvalue weighted by molar-refractivity contribution is 6.45. The van der Waals surface area contributed by atoms with Gasteiger partial charge in [-0.3, -0.25) is 4.99 Å². The second kappa shape index (κ2) is 3.08. The predicted molar refractivity (Wildman–Crippen MR) is 52.8 cm³/mol. The molecule has 1 aliphatic heterocycles. The maximum atomic E-state index is 4.32. The van der Waals surface area contributed by atoms with E-state index in [2.05, 4.69) is 30.9 Å². The molecule has 1 nitrogen and oxygen atoms in total. The van der Waals surface area contributed by atoms with Crippen LogP contribution in [0.5, 0.6) is 0 Å². The van der Waals surface area contributed by atoms with Crippen molar-refractivity contribution in [3.63, 3.8) is 0 Å². The number of rotatable bonds is 1. The molecule has 0 N–H and O–H groups in total. The molecule has 0 aromatic heterocycles. The second-order valence-corrected chi connectivity index (χ2v) is 3.28. The number of hydrogen-bond donors (Lipinski definition) is 0. The summed E-state index contributed by atoms with van der Waals surface area (Å²) in [4.78, 5) is 4.32. The third kappa shape index (κ3) is 2.07. The van der Waals surface area contributed by atoms with Crippen molar-refractivity contribution >= 4 is 13.5 Å². The summed E-state index contributed by atoms with van der Waals surface area (Å²) < 4.78 is 0. The molecule has 0 aromatic rings. The maximum absolute atomic E-state index is 4.32. The molecule has 1 atom stereocenters. The quantitative estimate of drug-likeness (QED) is 0.504. The van der Waals surface area contributed by atoms with Gasteiger partial charge >= 0.3 is 0 Å². The summed E-state index contributed by atoms with van der Waals surface area (Å²) in [6.07, 6.45) is 8.36. The van der Waals surface area contributed by atoms with Crippen LogP contribution < -0.4 is 0 Å². The van der Waals surface area contributed by atoms with E-state index < -0.39 is 0 Å². The highest BCUT2D eigenvalue weighted by atomic mass is 14.7. The van der Waals surface area contributed by atoms with Gasteiger partial charge in [0.1, 0.15) is 7.28 Å². The van der Waals surface area contributed by atoms with E-state index in [4.69, 9.17) is 0 Å². The Morgan fingerprint density at radius 3 is 2.91 bits per heavy atom. The molecule has 1 aliphatic rings. The van der Waals surface area contributed by atoms with Crippen molar-refractivity contribution in [1.29, 1.82) is 0 Å². The van der Waals surface area contributed by atoms with Crippen LogP contribution in [0.4, 0.5) is 0 Å². The second-order valence-electron chi connectivity index (χ2n) is 3.28. The average Bonchev–Trinajstić information content (AvgIpc) is 2.15. The normalized spacial score (nSPS) is 29.5. The third-order valence-electron chi connectivity index (χ3n) is 2.14. The zero-order chi connectivity index (χ0) is 8.32. The Kier molecular flexibility index (Phi) is 2.33. The molecule has 11 heavy (non-hydrogen) atoms. The minimum atomic E-state index is 0.161. The largest absolute Gasteiger partial charge is 0.266 e. The smallest absolute Gasteiger partial charge is 0.136 e. The Morgan fingerprint density at radius 2 is 2.27 bits per heavy atom. The minimum absolute atomic E-state index is 0.161. The van der Waals surface area contributed by atoms with Crippen molar-refractivity contribution < 1.29 is 0 Å². The van der Waals surface area contributed by atoms with E-state index in [9.17, 15) is 0 Å². The fraction of sp³-hybridized carbons (Fsp3) is 0.444. The van der Waals surface area contributed by atoms with E-state index in [1.54, 1.807) is 0 Å². The molecule has 1 heterocycles. The van der Waals surface area contributed by atoms with Crippen molar-refractivity contribution in [2.75, 3.05) is 0 Å². The van der Waals surface area contributed by atoms with Crippen molar-refractivity contribution in [3.8, 4) is 0 Å². The molecule has 0 aliphatic carbocycles. The lowest BCUT2D eigenvalue weighted by Crippen LogP contribution is -2.12. The SMILES string of the molecule is CBC1(C)C=CC=C(C)N=C1. The van der Waals surface area contributed by atoms with E-state index in [1.165, 1.54) is 0 Å². The molecule has 0 fully saturated rings. The Morgan fingerprint density at radius 1 is 1.55 bits per heavy atom. The molecule has 1 rings (SSSR count). The van der Waals surface area contributed by atoms with Crippen LogP contribution in [0, 0.1) is 0 Å². The molecule has 0 spiro atoms. The molecular formula is C9H14BN. The lowest BCUT2D eigenvalue weighted by Gasteiger charge is -2.15. The summed E-state index contributed by atoms with van der Waals surface area (Å²) in [7, 11) is 1.11. The van der Waals surface area contributed by atoms with Crippen LogP contribution >= 0.6 is 0 Å². The molecular weight excluding hydrogens is 133 g/mol. The average molecular weight is 147 g/mol. The standard InChI is InChI=1S/C9H14BN/c1-8-5-4-6-9(2,10-3)7-11-8/h4-7,10H,1-3H3. The molecule has 1 unspecified atom stereocenters. The summed E-state index contributed by atoms with van der Waals surface area (Å²) in [5.74, 6) is 0. The van der Waals surface area contributed by atoms with E-state index in [1.807, 2.05) is 19.2 Å². The molecule has 2 heteroatoms. The van der Waals surface area contributed by atoms with Gasteiger partial charge in [-0.25, -0.2) is 0 Å². The fourth-order valence-corrected chi connectivity index (χ4v) is 0.952. The zero-order valence-corrected chi connectivity index (χ0v) is 7.46. The van der Waals surface area contributed by atoms with Crippen molar-refractivity contribution in [1.82, 2.24) is 0 Å². The molecule has 0 saturated carbocycles. The van der Waals surface area contributed by atoms with Gasteiger partial charge in [-0.1, -0.05) is 25.9 Å². The summed E-state index contributed by atoms with van der Waals surface area (Å²) in [5, 5.41) is 0.161. The number of nitrogens with zero attached hydrogens (tertiary/aromatic N) is 1. The van der Waals surface area contributed by atoms with Gasteiger partial charge in [0.15, 0.2) is 0 Å². The highest BCUT2D eigenvalue weighted by Crippen LogP contribution is 2.25. The van der Waals surface area contributed by atoms with Crippen LogP contribution in [-0.4, -0.2) is 13.5 Å². The number of allylic oxidation sites excluding steroid dienone is 4. The van der Waals surface area contributed by atoms with Crippen LogP contribution in [0.15, 0.2) is 28.9 Å². The summed E-state index contributed by atoms with van der Waals surface area (Å²) in [6, 6.07) is 0. The van der Waals surface area contributed by atoms with E-state index in [0.29, 0.717) is 0 Å². The first-order valence-corrected chi connectivity index (χ1v) is 4.08. The molecule has 0 radical (unpaired) electrons. The topological polar surface area (TPSA) is 12.4 Å². The van der Waals surface area contributed by atoms with Crippen LogP contribution in [0.2, 0.25) is 12.1 Å². The molecule has 0 saturated heterocycles. The molecule has 58 valence electrons. The van der Waals surface area contributed by atoms with Gasteiger partial charge in [-0.15, -0.1) is 0 Å². The maximum Gasteiger partial charge on any atom is 0.136 e. The third-order valence-corrected chi connectivity index (χ3v) is 2.14. The first kappa shape index (κ1) is 8.31. The lowest BCUT2D eigenvalue weighted by atomic mass is 9.55. The summed E-state index contributed by atoms with van der Waals surface area (Å²) in [5.41, 5.74) is 1.08. The fourth-order valence-electron chi connectivity index (χ4n) is 0.952. The monoisotopic (exact) mass is 147 g/mol. The van der Waals surface area contributed by atoms with Crippen molar-refractivity contribution in [3.05, 3.63) is 23.9 Å². The number of aliphatic imine (C=N–C) groups is 1. The van der Waals surface area contributed by atoms with Crippen LogP contribution in [0.1, 0.15) is 13.8 Å². The Balaban J connectivity index is 2.86. The van der Waals surface area contributed by atoms with Crippen molar-refractivity contribution in [2.24, 2.45) is 4.99 Å². The van der Waals surface area contributed by atoms with E-state index in [0.717, 1.165) is 13.0 Å². The Bertz CT molecular complexity index is 228. The van der Waals surface area contributed by atoms with Crippen LogP contribution in [0.3, 0.4) is 0 Å². The Hall–Kier alpha value is -0.785.